The van der Waals surface area contributed by atoms with Crippen molar-refractivity contribution >= 4 is 5.96 Å². The van der Waals surface area contributed by atoms with E-state index in [1.807, 2.05) is 7.05 Å². The normalized spacial score (nSPS) is 20.6. The molecule has 0 spiro atoms. The topological polar surface area (TPSA) is 48.9 Å². The fourth-order valence-corrected chi connectivity index (χ4v) is 3.45. The second kappa shape index (κ2) is 9.02. The molecule has 1 unspecified atom stereocenters. The van der Waals surface area contributed by atoms with Gasteiger partial charge in [-0.15, -0.1) is 0 Å². The molecule has 1 aromatic carbocycles. The van der Waals surface area contributed by atoms with Gasteiger partial charge in [0.25, 0.3) is 0 Å². The van der Waals surface area contributed by atoms with Crippen LogP contribution < -0.4 is 10.6 Å². The van der Waals surface area contributed by atoms with Crippen molar-refractivity contribution in [2.45, 2.75) is 31.8 Å². The first kappa shape index (κ1) is 18.0. The van der Waals surface area contributed by atoms with Crippen LogP contribution >= 0.6 is 0 Å². The van der Waals surface area contributed by atoms with Crippen LogP contribution in [0.15, 0.2) is 41.4 Å². The molecule has 2 aliphatic rings. The van der Waals surface area contributed by atoms with Gasteiger partial charge < -0.3 is 15.4 Å². The second-order valence-corrected chi connectivity index (χ2v) is 6.81. The van der Waals surface area contributed by atoms with Crippen LogP contribution in [-0.4, -0.2) is 56.8 Å². The molecule has 0 saturated carbocycles. The van der Waals surface area contributed by atoms with Crippen molar-refractivity contribution in [1.29, 1.82) is 0 Å². The van der Waals surface area contributed by atoms with Crippen molar-refractivity contribution in [1.82, 2.24) is 15.5 Å². The van der Waals surface area contributed by atoms with E-state index < -0.39 is 0 Å². The van der Waals surface area contributed by atoms with Gasteiger partial charge in [0.2, 0.25) is 0 Å². The standard InChI is InChI=1S/C20H30N4O/c1-16-7-9-17(10-8-16)19(24-11-13-25-14-12-24)15-22-20(21-2)23-18-5-3-4-6-18/h3-4,7-10,18-19H,5-6,11-15H2,1-2H3,(H2,21,22,23). The molecule has 2 N–H and O–H groups in total. The minimum Gasteiger partial charge on any atom is -0.379 e. The molecule has 1 fully saturated rings. The number of guanidine groups is 1. The zero-order chi connectivity index (χ0) is 17.5. The Hall–Kier alpha value is -1.85. The van der Waals surface area contributed by atoms with Crippen LogP contribution in [0, 0.1) is 6.92 Å². The number of ether oxygens (including phenoxy) is 1. The van der Waals surface area contributed by atoms with E-state index in [9.17, 15) is 0 Å². The third kappa shape index (κ3) is 5.06. The summed E-state index contributed by atoms with van der Waals surface area (Å²) >= 11 is 0. The van der Waals surface area contributed by atoms with Gasteiger partial charge in [-0.1, -0.05) is 42.0 Å². The quantitative estimate of drug-likeness (QED) is 0.490. The van der Waals surface area contributed by atoms with Crippen LogP contribution in [0.25, 0.3) is 0 Å². The smallest absolute Gasteiger partial charge is 0.191 e. The molecular weight excluding hydrogens is 312 g/mol. The molecule has 3 rings (SSSR count). The van der Waals surface area contributed by atoms with Gasteiger partial charge in [-0.3, -0.25) is 9.89 Å². The van der Waals surface area contributed by atoms with Gasteiger partial charge in [-0.2, -0.15) is 0 Å². The zero-order valence-electron chi connectivity index (χ0n) is 15.4. The maximum Gasteiger partial charge on any atom is 0.191 e. The van der Waals surface area contributed by atoms with Crippen LogP contribution in [0.3, 0.4) is 0 Å². The predicted octanol–water partition coefficient (Wildman–Crippen LogP) is 2.25. The fourth-order valence-electron chi connectivity index (χ4n) is 3.45. The highest BCUT2D eigenvalue weighted by Gasteiger charge is 2.23. The molecule has 1 atom stereocenters. The van der Waals surface area contributed by atoms with Crippen LogP contribution in [0.1, 0.15) is 30.0 Å². The van der Waals surface area contributed by atoms with Gasteiger partial charge >= 0.3 is 0 Å². The third-order valence-corrected chi connectivity index (χ3v) is 4.98. The van der Waals surface area contributed by atoms with Crippen LogP contribution in [0.4, 0.5) is 0 Å². The fraction of sp³-hybridized carbons (Fsp3) is 0.550. The first-order chi connectivity index (χ1) is 12.3. The molecule has 1 heterocycles. The zero-order valence-corrected chi connectivity index (χ0v) is 15.4. The van der Waals surface area contributed by atoms with Crippen LogP contribution in [0.2, 0.25) is 0 Å². The minimum atomic E-state index is 0.324. The van der Waals surface area contributed by atoms with E-state index in [4.69, 9.17) is 4.74 Å². The summed E-state index contributed by atoms with van der Waals surface area (Å²) in [5, 5.41) is 7.05. The van der Waals surface area contributed by atoms with Crippen LogP contribution in [0.5, 0.6) is 0 Å². The Bertz CT molecular complexity index is 582. The third-order valence-electron chi connectivity index (χ3n) is 4.98. The first-order valence-corrected chi connectivity index (χ1v) is 9.27. The molecule has 1 saturated heterocycles. The summed E-state index contributed by atoms with van der Waals surface area (Å²) in [6.07, 6.45) is 6.61. The van der Waals surface area contributed by atoms with E-state index >= 15 is 0 Å². The first-order valence-electron chi connectivity index (χ1n) is 9.27. The number of benzene rings is 1. The summed E-state index contributed by atoms with van der Waals surface area (Å²) in [4.78, 5) is 6.91. The largest absolute Gasteiger partial charge is 0.379 e. The summed E-state index contributed by atoms with van der Waals surface area (Å²) in [7, 11) is 1.84. The summed E-state index contributed by atoms with van der Waals surface area (Å²) in [6, 6.07) is 9.67. The summed E-state index contributed by atoms with van der Waals surface area (Å²) in [5.41, 5.74) is 2.64. The molecule has 0 radical (unpaired) electrons. The number of aryl methyl sites for hydroxylation is 1. The number of hydrogen-bond acceptors (Lipinski definition) is 3. The number of hydrogen-bond donors (Lipinski definition) is 2. The molecule has 136 valence electrons. The Morgan fingerprint density at radius 1 is 1.20 bits per heavy atom. The number of morpholine rings is 1. The van der Waals surface area contributed by atoms with Crippen molar-refractivity contribution in [2.24, 2.45) is 4.99 Å². The Balaban J connectivity index is 1.64. The molecule has 1 aromatic rings. The van der Waals surface area contributed by atoms with Gasteiger partial charge in [-0.05, 0) is 25.3 Å². The summed E-state index contributed by atoms with van der Waals surface area (Å²) in [6.45, 7) is 6.53. The van der Waals surface area contributed by atoms with E-state index in [1.165, 1.54) is 11.1 Å². The van der Waals surface area contributed by atoms with Gasteiger partial charge in [0.1, 0.15) is 0 Å². The predicted molar refractivity (Wildman–Crippen MR) is 103 cm³/mol. The monoisotopic (exact) mass is 342 g/mol. The van der Waals surface area contributed by atoms with Crippen molar-refractivity contribution in [2.75, 3.05) is 39.9 Å². The van der Waals surface area contributed by atoms with Crippen molar-refractivity contribution in [3.8, 4) is 0 Å². The van der Waals surface area contributed by atoms with Crippen molar-refractivity contribution in [3.05, 3.63) is 47.5 Å². The number of nitrogens with one attached hydrogen (secondary N) is 2. The molecule has 25 heavy (non-hydrogen) atoms. The van der Waals surface area contributed by atoms with Gasteiger partial charge in [0, 0.05) is 32.7 Å². The van der Waals surface area contributed by atoms with E-state index in [0.717, 1.165) is 51.6 Å². The molecule has 5 nitrogen and oxygen atoms in total. The highest BCUT2D eigenvalue weighted by molar-refractivity contribution is 5.80. The Morgan fingerprint density at radius 2 is 1.88 bits per heavy atom. The van der Waals surface area contributed by atoms with Gasteiger partial charge in [-0.25, -0.2) is 0 Å². The highest BCUT2D eigenvalue weighted by atomic mass is 16.5. The molecule has 0 bridgehead atoms. The average molecular weight is 342 g/mol. The molecule has 0 amide bonds. The lowest BCUT2D eigenvalue weighted by atomic mass is 10.0. The lowest BCUT2D eigenvalue weighted by Gasteiger charge is -2.35. The number of nitrogens with zero attached hydrogens (tertiary/aromatic N) is 2. The maximum absolute atomic E-state index is 5.54. The SMILES string of the molecule is CN=C(NCC(c1ccc(C)cc1)N1CCOCC1)NC1CC=CC1. The molecular formula is C20H30N4O. The van der Waals surface area contributed by atoms with E-state index in [2.05, 4.69) is 63.9 Å². The summed E-state index contributed by atoms with van der Waals surface area (Å²) in [5.74, 6) is 0.888. The highest BCUT2D eigenvalue weighted by Crippen LogP contribution is 2.22. The van der Waals surface area contributed by atoms with E-state index in [1.54, 1.807) is 0 Å². The Labute approximate surface area is 151 Å². The van der Waals surface area contributed by atoms with E-state index in [-0.39, 0.29) is 0 Å². The van der Waals surface area contributed by atoms with E-state index in [0.29, 0.717) is 12.1 Å². The summed E-state index contributed by atoms with van der Waals surface area (Å²) < 4.78 is 5.54. The minimum absolute atomic E-state index is 0.324. The van der Waals surface area contributed by atoms with Gasteiger partial charge in [0.05, 0.1) is 19.3 Å². The molecule has 1 aliphatic heterocycles. The second-order valence-electron chi connectivity index (χ2n) is 6.81. The number of aliphatic imine (C=N–C) groups is 1. The maximum atomic E-state index is 5.54. The molecule has 5 heteroatoms. The Morgan fingerprint density at radius 3 is 2.52 bits per heavy atom. The number of rotatable bonds is 5. The average Bonchev–Trinajstić information content (AvgIpc) is 3.16. The molecule has 1 aliphatic carbocycles. The lowest BCUT2D eigenvalue weighted by molar-refractivity contribution is 0.0170. The lowest BCUT2D eigenvalue weighted by Crippen LogP contribution is -2.48. The van der Waals surface area contributed by atoms with Crippen molar-refractivity contribution in [3.63, 3.8) is 0 Å². The van der Waals surface area contributed by atoms with Gasteiger partial charge in [0.15, 0.2) is 5.96 Å². The Kier molecular flexibility index (Phi) is 6.48. The van der Waals surface area contributed by atoms with Crippen molar-refractivity contribution < 1.29 is 4.74 Å². The molecule has 0 aromatic heterocycles. The van der Waals surface area contributed by atoms with Crippen LogP contribution in [-0.2, 0) is 4.74 Å².